The number of hydrogen-bond acceptors (Lipinski definition) is 4. The van der Waals surface area contributed by atoms with Crippen molar-refractivity contribution in [2.24, 2.45) is 5.34 Å². The van der Waals surface area contributed by atoms with Gasteiger partial charge >= 0.3 is 5.97 Å². The molecular weight excluding hydrogens is 189 g/mol. The summed E-state index contributed by atoms with van der Waals surface area (Å²) in [5.74, 6) is -1.10. The smallest absolute Gasteiger partial charge is 0.284 e. The highest BCUT2D eigenvalue weighted by molar-refractivity contribution is 5.72. The van der Waals surface area contributed by atoms with Crippen molar-refractivity contribution in [2.45, 2.75) is 13.3 Å². The molecule has 0 saturated heterocycles. The summed E-state index contributed by atoms with van der Waals surface area (Å²) in [6.07, 6.45) is -0.0904. The summed E-state index contributed by atoms with van der Waals surface area (Å²) in [7, 11) is 0. The first-order valence-electron chi connectivity index (χ1n) is 3.91. The molecule has 0 atom stereocenters. The van der Waals surface area contributed by atoms with Crippen molar-refractivity contribution in [3.05, 3.63) is 40.1 Å². The Kier molecular flexibility index (Phi) is 3.28. The maximum atomic E-state index is 12.8. The number of carbonyl (C=O) groups is 1. The van der Waals surface area contributed by atoms with Gasteiger partial charge in [-0.25, -0.2) is 9.18 Å². The first-order chi connectivity index (χ1) is 6.63. The molecule has 0 bridgehead atoms. The van der Waals surface area contributed by atoms with Crippen LogP contribution in [-0.2, 0) is 16.1 Å². The van der Waals surface area contributed by atoms with E-state index in [0.29, 0.717) is 11.1 Å². The lowest BCUT2D eigenvalue weighted by atomic mass is 10.1. The summed E-state index contributed by atoms with van der Waals surface area (Å²) in [5, 5.41) is 2.00. The zero-order chi connectivity index (χ0) is 10.6. The van der Waals surface area contributed by atoms with Gasteiger partial charge in [0.25, 0.3) is 0 Å². The third-order valence-corrected chi connectivity index (χ3v) is 1.71. The molecule has 0 fully saturated rings. The molecule has 0 amide bonds. The maximum Gasteiger partial charge on any atom is 0.342 e. The fourth-order valence-corrected chi connectivity index (χ4v) is 1.06. The summed E-state index contributed by atoms with van der Waals surface area (Å²) >= 11 is 0. The van der Waals surface area contributed by atoms with E-state index in [0.717, 1.165) is 0 Å². The van der Waals surface area contributed by atoms with Gasteiger partial charge in [0, 0.05) is 0 Å². The van der Waals surface area contributed by atoms with Crippen LogP contribution in [0.2, 0.25) is 0 Å². The van der Waals surface area contributed by atoms with Gasteiger partial charge in [0.2, 0.25) is 0 Å². The Bertz CT molecular complexity index is 365. The number of benzene rings is 1. The first kappa shape index (κ1) is 10.3. The van der Waals surface area contributed by atoms with Gasteiger partial charge < -0.3 is 0 Å². The maximum absolute atomic E-state index is 12.8. The molecule has 14 heavy (non-hydrogen) atoms. The quantitative estimate of drug-likeness (QED) is 0.549. The van der Waals surface area contributed by atoms with E-state index in [9.17, 15) is 14.1 Å². The predicted molar refractivity (Wildman–Crippen MR) is 46.7 cm³/mol. The predicted octanol–water partition coefficient (Wildman–Crippen LogP) is 1.90. The summed E-state index contributed by atoms with van der Waals surface area (Å²) in [6.45, 7) is 1.59. The molecule has 1 aromatic carbocycles. The monoisotopic (exact) mass is 197 g/mol. The third kappa shape index (κ3) is 2.62. The lowest BCUT2D eigenvalue weighted by Gasteiger charge is -2.00. The van der Waals surface area contributed by atoms with Crippen LogP contribution in [0, 0.1) is 17.6 Å². The molecule has 0 unspecified atom stereocenters. The molecule has 0 aliphatic heterocycles. The van der Waals surface area contributed by atoms with Crippen LogP contribution < -0.4 is 0 Å². The van der Waals surface area contributed by atoms with Crippen molar-refractivity contribution in [1.82, 2.24) is 0 Å². The number of halogens is 1. The van der Waals surface area contributed by atoms with E-state index in [2.05, 4.69) is 4.84 Å². The Labute approximate surface area is 79.6 Å². The minimum atomic E-state index is -0.758. The summed E-state index contributed by atoms with van der Waals surface area (Å²) in [5.41, 5.74) is 1.02. The first-order valence-corrected chi connectivity index (χ1v) is 3.91. The molecule has 0 aromatic heterocycles. The van der Waals surface area contributed by atoms with Crippen molar-refractivity contribution in [3.8, 4) is 0 Å². The van der Waals surface area contributed by atoms with Crippen LogP contribution in [0.1, 0.15) is 11.1 Å². The van der Waals surface area contributed by atoms with Crippen LogP contribution in [0.4, 0.5) is 4.39 Å². The standard InChI is InChI=1S/C9H8FNO3/c1-6-4-7(2-3-8(6)10)5-9(12)14-11-13/h2-4H,5H2,1H3. The van der Waals surface area contributed by atoms with E-state index in [-0.39, 0.29) is 12.2 Å². The van der Waals surface area contributed by atoms with Crippen molar-refractivity contribution >= 4 is 5.97 Å². The molecule has 0 spiro atoms. The second kappa shape index (κ2) is 4.45. The largest absolute Gasteiger partial charge is 0.342 e. The normalized spacial score (nSPS) is 9.57. The molecule has 1 aromatic rings. The van der Waals surface area contributed by atoms with Crippen LogP contribution in [0.15, 0.2) is 23.5 Å². The van der Waals surface area contributed by atoms with Gasteiger partial charge in [-0.15, -0.1) is 4.91 Å². The molecule has 0 saturated carbocycles. The Morgan fingerprint density at radius 3 is 2.86 bits per heavy atom. The SMILES string of the molecule is Cc1cc(CC(=O)ON=O)ccc1F. The van der Waals surface area contributed by atoms with Crippen molar-refractivity contribution in [2.75, 3.05) is 0 Å². The molecule has 0 heterocycles. The molecule has 0 radical (unpaired) electrons. The Morgan fingerprint density at radius 1 is 1.57 bits per heavy atom. The molecule has 74 valence electrons. The second-order valence-electron chi connectivity index (χ2n) is 2.80. The van der Waals surface area contributed by atoms with Crippen LogP contribution >= 0.6 is 0 Å². The van der Waals surface area contributed by atoms with Crippen LogP contribution in [0.3, 0.4) is 0 Å². The number of carbonyl (C=O) groups excluding carboxylic acids is 1. The van der Waals surface area contributed by atoms with Gasteiger partial charge in [-0.2, -0.15) is 0 Å². The van der Waals surface area contributed by atoms with Crippen molar-refractivity contribution in [3.63, 3.8) is 0 Å². The molecule has 5 heteroatoms. The van der Waals surface area contributed by atoms with E-state index >= 15 is 0 Å². The molecule has 4 nitrogen and oxygen atoms in total. The topological polar surface area (TPSA) is 55.7 Å². The Hall–Kier alpha value is -1.78. The van der Waals surface area contributed by atoms with Crippen molar-refractivity contribution in [1.29, 1.82) is 0 Å². The number of aryl methyl sites for hydroxylation is 1. The average molecular weight is 197 g/mol. The van der Waals surface area contributed by atoms with Gasteiger partial charge in [0.15, 0.2) is 5.34 Å². The van der Waals surface area contributed by atoms with Crippen LogP contribution in [0.25, 0.3) is 0 Å². The second-order valence-corrected chi connectivity index (χ2v) is 2.80. The van der Waals surface area contributed by atoms with Gasteiger partial charge in [-0.1, -0.05) is 12.1 Å². The highest BCUT2D eigenvalue weighted by atomic mass is 19.1. The fraction of sp³-hybridized carbons (Fsp3) is 0.222. The average Bonchev–Trinajstić information content (AvgIpc) is 2.12. The summed E-state index contributed by atoms with van der Waals surface area (Å²) < 4.78 is 12.8. The summed E-state index contributed by atoms with van der Waals surface area (Å²) in [6, 6.07) is 4.22. The molecule has 0 N–H and O–H groups in total. The van der Waals surface area contributed by atoms with Crippen molar-refractivity contribution < 1.29 is 14.0 Å². The van der Waals surface area contributed by atoms with E-state index in [4.69, 9.17) is 0 Å². The van der Waals surface area contributed by atoms with Crippen LogP contribution in [-0.4, -0.2) is 5.97 Å². The highest BCUT2D eigenvalue weighted by Crippen LogP contribution is 2.10. The van der Waals surface area contributed by atoms with Gasteiger partial charge in [0.1, 0.15) is 5.82 Å². The number of rotatable bonds is 3. The zero-order valence-electron chi connectivity index (χ0n) is 7.49. The minimum Gasteiger partial charge on any atom is -0.284 e. The lowest BCUT2D eigenvalue weighted by molar-refractivity contribution is -0.143. The zero-order valence-corrected chi connectivity index (χ0v) is 7.49. The van der Waals surface area contributed by atoms with E-state index in [1.165, 1.54) is 18.2 Å². The van der Waals surface area contributed by atoms with Gasteiger partial charge in [-0.05, 0) is 24.1 Å². The van der Waals surface area contributed by atoms with E-state index in [1.54, 1.807) is 6.92 Å². The molecule has 0 aliphatic rings. The van der Waals surface area contributed by atoms with E-state index in [1.807, 2.05) is 5.34 Å². The van der Waals surface area contributed by atoms with Gasteiger partial charge in [-0.3, -0.25) is 4.84 Å². The Balaban J connectivity index is 2.72. The van der Waals surface area contributed by atoms with E-state index < -0.39 is 5.97 Å². The molecular formula is C9H8FNO3. The van der Waals surface area contributed by atoms with Gasteiger partial charge in [0.05, 0.1) is 6.42 Å². The van der Waals surface area contributed by atoms with Crippen LogP contribution in [0.5, 0.6) is 0 Å². The fourth-order valence-electron chi connectivity index (χ4n) is 1.06. The summed E-state index contributed by atoms with van der Waals surface area (Å²) in [4.78, 5) is 24.2. The molecule has 0 aliphatic carbocycles. The number of nitrogens with zero attached hydrogens (tertiary/aromatic N) is 1. The lowest BCUT2D eigenvalue weighted by Crippen LogP contribution is -2.04. The molecule has 1 rings (SSSR count). The highest BCUT2D eigenvalue weighted by Gasteiger charge is 2.06. The third-order valence-electron chi connectivity index (χ3n) is 1.71. The Morgan fingerprint density at radius 2 is 2.29 bits per heavy atom. The minimum absolute atomic E-state index is 0.0904. The number of hydrogen-bond donors (Lipinski definition) is 0.